The quantitative estimate of drug-likeness (QED) is 0.164. The van der Waals surface area contributed by atoms with E-state index in [0.29, 0.717) is 44.5 Å². The highest BCUT2D eigenvalue weighted by Crippen LogP contribution is 2.43. The van der Waals surface area contributed by atoms with Gasteiger partial charge in [0.1, 0.15) is 22.6 Å². The standard InChI is InChI=1S/C32H36BrN10O4P/c1-41(2)20-9-12-43(18-20)26-14-27(46-4)25(13-21(26)19-15-37-42(3)17-19)39-32-36-16-22(33)30(40-32)38-23-7-8-24-29(35-11-10-34-24)28(23)31(44)47-48(5,6)45/h7-8,10-11,13-17,20H,9,12,18H2,1-6H3,(H2,36,38,39,40). The number of aromatic nitrogens is 6. The fourth-order valence-corrected chi connectivity index (χ4v) is 6.41. The molecule has 2 aromatic carbocycles. The van der Waals surface area contributed by atoms with E-state index >= 15 is 0 Å². The van der Waals surface area contributed by atoms with Crippen LogP contribution in [-0.4, -0.2) is 94.3 Å². The van der Waals surface area contributed by atoms with Crippen LogP contribution >= 0.6 is 23.3 Å². The van der Waals surface area contributed by atoms with Gasteiger partial charge in [-0.2, -0.15) is 10.1 Å². The lowest BCUT2D eigenvalue weighted by molar-refractivity contribution is 0.0746. The second-order valence-electron chi connectivity index (χ2n) is 12.0. The molecule has 1 unspecified atom stereocenters. The largest absolute Gasteiger partial charge is 0.494 e. The zero-order valence-corrected chi connectivity index (χ0v) is 29.9. The second kappa shape index (κ2) is 13.5. The van der Waals surface area contributed by atoms with E-state index < -0.39 is 13.3 Å². The van der Waals surface area contributed by atoms with Crippen molar-refractivity contribution in [1.29, 1.82) is 0 Å². The normalized spacial score (nSPS) is 14.8. The molecule has 1 aliphatic heterocycles. The van der Waals surface area contributed by atoms with Crippen LogP contribution in [0.15, 0.2) is 59.7 Å². The molecule has 2 N–H and O–H groups in total. The van der Waals surface area contributed by atoms with E-state index in [1.165, 1.54) is 25.7 Å². The van der Waals surface area contributed by atoms with Crippen LogP contribution in [0.4, 0.5) is 28.8 Å². The maximum absolute atomic E-state index is 13.3. The molecular formula is C32H36BrN10O4P. The molecule has 0 spiro atoms. The van der Waals surface area contributed by atoms with E-state index in [9.17, 15) is 9.36 Å². The number of carbonyl (C=O) groups excluding carboxylic acids is 1. The Morgan fingerprint density at radius 3 is 2.56 bits per heavy atom. The minimum absolute atomic E-state index is 0.0846. The summed E-state index contributed by atoms with van der Waals surface area (Å²) in [4.78, 5) is 35.8. The first kappa shape index (κ1) is 33.3. The van der Waals surface area contributed by atoms with Gasteiger partial charge < -0.3 is 29.7 Å². The van der Waals surface area contributed by atoms with Gasteiger partial charge in [0.05, 0.1) is 34.7 Å². The van der Waals surface area contributed by atoms with Gasteiger partial charge in [-0.3, -0.25) is 19.2 Å². The van der Waals surface area contributed by atoms with Gasteiger partial charge in [0.15, 0.2) is 0 Å². The predicted octanol–water partition coefficient (Wildman–Crippen LogP) is 5.91. The number of carbonyl (C=O) groups is 1. The number of hydrogen-bond acceptors (Lipinski definition) is 13. The second-order valence-corrected chi connectivity index (χ2v) is 15.5. The molecule has 1 aliphatic rings. The van der Waals surface area contributed by atoms with Gasteiger partial charge in [-0.1, -0.05) is 0 Å². The van der Waals surface area contributed by atoms with Crippen molar-refractivity contribution in [2.24, 2.45) is 7.05 Å². The fourth-order valence-electron chi connectivity index (χ4n) is 5.63. The Balaban J connectivity index is 1.37. The van der Waals surface area contributed by atoms with Crippen molar-refractivity contribution in [2.75, 3.05) is 63.2 Å². The molecule has 0 amide bonds. The summed E-state index contributed by atoms with van der Waals surface area (Å²) in [5.74, 6) is 0.460. The Morgan fingerprint density at radius 1 is 1.08 bits per heavy atom. The van der Waals surface area contributed by atoms with Crippen molar-refractivity contribution in [3.05, 3.63) is 65.3 Å². The van der Waals surface area contributed by atoms with Crippen molar-refractivity contribution in [3.63, 3.8) is 0 Å². The number of ether oxygens (including phenoxy) is 1. The zero-order chi connectivity index (χ0) is 34.2. The third-order valence-corrected chi connectivity index (χ3v) is 9.14. The van der Waals surface area contributed by atoms with Crippen LogP contribution in [0.1, 0.15) is 16.8 Å². The van der Waals surface area contributed by atoms with Gasteiger partial charge in [-0.05, 0) is 54.6 Å². The van der Waals surface area contributed by atoms with E-state index in [1.54, 1.807) is 30.1 Å². The maximum atomic E-state index is 13.3. The molecule has 14 nitrogen and oxygen atoms in total. The first-order valence-corrected chi connectivity index (χ1v) is 18.4. The molecule has 0 radical (unpaired) electrons. The van der Waals surface area contributed by atoms with Gasteiger partial charge in [0.25, 0.3) is 0 Å². The molecule has 0 saturated carbocycles. The molecule has 6 rings (SSSR count). The molecule has 250 valence electrons. The third kappa shape index (κ3) is 7.13. The first-order chi connectivity index (χ1) is 22.9. The first-order valence-electron chi connectivity index (χ1n) is 15.1. The highest BCUT2D eigenvalue weighted by atomic mass is 79.9. The highest BCUT2D eigenvalue weighted by Gasteiger charge is 2.28. The minimum Gasteiger partial charge on any atom is -0.494 e. The van der Waals surface area contributed by atoms with E-state index in [2.05, 4.69) is 70.5 Å². The van der Waals surface area contributed by atoms with Crippen molar-refractivity contribution in [1.82, 2.24) is 34.6 Å². The molecule has 48 heavy (non-hydrogen) atoms. The third-order valence-electron chi connectivity index (χ3n) is 7.96. The summed E-state index contributed by atoms with van der Waals surface area (Å²) in [6.07, 6.45) is 9.49. The lowest BCUT2D eigenvalue weighted by atomic mass is 10.0. The maximum Gasteiger partial charge on any atom is 0.347 e. The highest BCUT2D eigenvalue weighted by molar-refractivity contribution is 9.10. The summed E-state index contributed by atoms with van der Waals surface area (Å²) < 4.78 is 25.9. The van der Waals surface area contributed by atoms with Gasteiger partial charge in [0, 0.05) is 87.2 Å². The van der Waals surface area contributed by atoms with Crippen LogP contribution < -0.4 is 20.3 Å². The lowest BCUT2D eigenvalue weighted by Gasteiger charge is -2.25. The Bertz CT molecular complexity index is 2050. The van der Waals surface area contributed by atoms with Crippen molar-refractivity contribution in [2.45, 2.75) is 12.5 Å². The molecule has 0 bridgehead atoms. The van der Waals surface area contributed by atoms with Crippen molar-refractivity contribution >= 4 is 69.1 Å². The van der Waals surface area contributed by atoms with Crippen LogP contribution in [0.5, 0.6) is 5.75 Å². The predicted molar refractivity (Wildman–Crippen MR) is 190 cm³/mol. The molecule has 1 fully saturated rings. The summed E-state index contributed by atoms with van der Waals surface area (Å²) in [5.41, 5.74) is 4.87. The van der Waals surface area contributed by atoms with Gasteiger partial charge in [-0.25, -0.2) is 9.78 Å². The number of aryl methyl sites for hydroxylation is 1. The number of nitrogens with one attached hydrogen (secondary N) is 2. The number of anilines is 5. The van der Waals surface area contributed by atoms with Crippen molar-refractivity contribution in [3.8, 4) is 16.9 Å². The number of fused-ring (bicyclic) bond motifs is 1. The zero-order valence-electron chi connectivity index (χ0n) is 27.4. The summed E-state index contributed by atoms with van der Waals surface area (Å²) in [6.45, 7) is 4.56. The molecule has 1 saturated heterocycles. The van der Waals surface area contributed by atoms with Crippen LogP contribution in [0.25, 0.3) is 22.2 Å². The summed E-state index contributed by atoms with van der Waals surface area (Å²) in [7, 11) is 4.58. The summed E-state index contributed by atoms with van der Waals surface area (Å²) >= 11 is 3.52. The monoisotopic (exact) mass is 734 g/mol. The molecular weight excluding hydrogens is 699 g/mol. The Labute approximate surface area is 286 Å². The fraction of sp³-hybridized carbons (Fsp3) is 0.312. The number of methoxy groups -OCH3 is 1. The number of halogens is 1. The average molecular weight is 736 g/mol. The van der Waals surface area contributed by atoms with Gasteiger partial charge in [0.2, 0.25) is 13.3 Å². The smallest absolute Gasteiger partial charge is 0.347 e. The molecule has 3 aromatic heterocycles. The van der Waals surface area contributed by atoms with E-state index in [0.717, 1.165) is 36.3 Å². The number of rotatable bonds is 10. The van der Waals surface area contributed by atoms with Crippen molar-refractivity contribution < 1.29 is 18.6 Å². The minimum atomic E-state index is -3.17. The van der Waals surface area contributed by atoms with E-state index in [-0.39, 0.29) is 11.5 Å². The SMILES string of the molecule is COc1cc(N2CCC(N(C)C)C2)c(-c2cnn(C)c2)cc1Nc1ncc(Br)c(Nc2ccc3nccnc3c2C(=O)OP(C)(C)=O)n1. The molecule has 16 heteroatoms. The Morgan fingerprint density at radius 2 is 1.88 bits per heavy atom. The van der Waals surface area contributed by atoms with Gasteiger partial charge >= 0.3 is 5.97 Å². The van der Waals surface area contributed by atoms with Crippen LogP contribution in [0.3, 0.4) is 0 Å². The average Bonchev–Trinajstić information content (AvgIpc) is 3.71. The molecule has 0 aliphatic carbocycles. The van der Waals surface area contributed by atoms with Crippen LogP contribution in [0, 0.1) is 0 Å². The Kier molecular flexibility index (Phi) is 9.37. The summed E-state index contributed by atoms with van der Waals surface area (Å²) in [6, 6.07) is 7.90. The Hall–Kier alpha value is -4.59. The molecule has 1 atom stereocenters. The van der Waals surface area contributed by atoms with E-state index in [4.69, 9.17) is 14.2 Å². The number of likely N-dealkylation sites (N-methyl/N-ethyl adjacent to an activating group) is 1. The topological polar surface area (TPSA) is 153 Å². The van der Waals surface area contributed by atoms with Crippen LogP contribution in [0.2, 0.25) is 0 Å². The number of benzene rings is 2. The molecule has 5 aromatic rings. The number of hydrogen-bond donors (Lipinski definition) is 2. The summed E-state index contributed by atoms with van der Waals surface area (Å²) in [5, 5.41) is 11.0. The van der Waals surface area contributed by atoms with Crippen LogP contribution in [-0.2, 0) is 16.1 Å². The lowest BCUT2D eigenvalue weighted by Crippen LogP contribution is -2.31. The molecule has 4 heterocycles. The van der Waals surface area contributed by atoms with E-state index in [1.807, 2.05) is 31.6 Å². The number of nitrogens with zero attached hydrogens (tertiary/aromatic N) is 8. The van der Waals surface area contributed by atoms with Gasteiger partial charge in [-0.15, -0.1) is 0 Å².